The smallest absolute Gasteiger partial charge is 0.0230 e. The molecule has 0 amide bonds. The normalized spacial score (nSPS) is 53.9. The molecule has 8 rings (SSSR count). The molecule has 45 heavy (non-hydrogen) atoms. The molecule has 0 radical (unpaired) electrons. The fraction of sp³-hybridized carbons (Fsp3) is 1.00. The van der Waals surface area contributed by atoms with Gasteiger partial charge in [-0.15, -0.1) is 0 Å². The Hall–Kier alpha value is 0. The summed E-state index contributed by atoms with van der Waals surface area (Å²) in [5.74, 6) is 19.3. The third kappa shape index (κ3) is 5.13. The molecule has 0 heteroatoms. The molecular weight excluding hydrogens is 540 g/mol. The number of hydrogen-bond donors (Lipinski definition) is 0. The topological polar surface area (TPSA) is 0 Å². The summed E-state index contributed by atoms with van der Waals surface area (Å²) in [4.78, 5) is 0. The van der Waals surface area contributed by atoms with Crippen LogP contribution in [0.1, 0.15) is 170 Å². The summed E-state index contributed by atoms with van der Waals surface area (Å²) in [7, 11) is 0. The van der Waals surface area contributed by atoms with Crippen molar-refractivity contribution in [3.63, 3.8) is 0 Å². The van der Waals surface area contributed by atoms with Crippen LogP contribution in [0.2, 0.25) is 0 Å². The Morgan fingerprint density at radius 2 is 1.07 bits per heavy atom. The van der Waals surface area contributed by atoms with Gasteiger partial charge in [-0.3, -0.25) is 0 Å². The molecule has 8 aliphatic rings. The van der Waals surface area contributed by atoms with E-state index in [0.717, 1.165) is 107 Å². The first-order chi connectivity index (χ1) is 21.9. The molecule has 8 aliphatic carbocycles. The minimum Gasteiger partial charge on any atom is -0.0651 e. The third-order valence-electron chi connectivity index (χ3n) is 19.1. The van der Waals surface area contributed by atoms with Gasteiger partial charge in [0.2, 0.25) is 0 Å². The minimum absolute atomic E-state index is 0.714. The Labute approximate surface area is 281 Å². The van der Waals surface area contributed by atoms with E-state index in [-0.39, 0.29) is 0 Å². The van der Waals surface area contributed by atoms with Crippen LogP contribution in [0.4, 0.5) is 0 Å². The molecule has 0 saturated heterocycles. The van der Waals surface area contributed by atoms with Crippen LogP contribution < -0.4 is 0 Å². The summed E-state index contributed by atoms with van der Waals surface area (Å²) in [5, 5.41) is 0. The largest absolute Gasteiger partial charge is 0.0651 e. The molecule has 0 aromatic rings. The van der Waals surface area contributed by atoms with Crippen molar-refractivity contribution in [3.8, 4) is 0 Å². The molecule has 0 N–H and O–H groups in total. The van der Waals surface area contributed by atoms with Crippen molar-refractivity contribution in [2.75, 3.05) is 0 Å². The molecule has 16 unspecified atom stereocenters. The first-order valence-corrected chi connectivity index (χ1v) is 21.9. The fourth-order valence-electron chi connectivity index (χ4n) is 17.7. The van der Waals surface area contributed by atoms with E-state index in [9.17, 15) is 0 Å². The van der Waals surface area contributed by atoms with Crippen LogP contribution in [-0.4, -0.2) is 0 Å². The van der Waals surface area contributed by atoms with E-state index >= 15 is 0 Å². The van der Waals surface area contributed by atoms with Crippen molar-refractivity contribution >= 4 is 0 Å². The lowest BCUT2D eigenvalue weighted by atomic mass is 9.49. The van der Waals surface area contributed by atoms with Crippen molar-refractivity contribution in [1.82, 2.24) is 0 Å². The zero-order valence-electron chi connectivity index (χ0n) is 31.0. The predicted molar refractivity (Wildman–Crippen MR) is 192 cm³/mol. The van der Waals surface area contributed by atoms with Crippen LogP contribution in [0.5, 0.6) is 0 Å². The standard InChI is InChI=1S/C45H76/c1-7-29(8-2)33-21-34(30(9-3)10-4)26-45(25-33)42-18-17-37-36-16-15-35-28(6)19-27(5)20-38(35)39(36)24-40(37)44(42)41-22-31-13-11-12-14-32(31)23-43(41)45/h27-44H,7-26H2,1-6H3. The predicted octanol–water partition coefficient (Wildman–Crippen LogP) is 13.1. The van der Waals surface area contributed by atoms with Gasteiger partial charge in [-0.25, -0.2) is 0 Å². The van der Waals surface area contributed by atoms with Gasteiger partial charge in [0.05, 0.1) is 0 Å². The molecule has 0 nitrogen and oxygen atoms in total. The zero-order valence-corrected chi connectivity index (χ0v) is 31.0. The summed E-state index contributed by atoms with van der Waals surface area (Å²) < 4.78 is 0. The van der Waals surface area contributed by atoms with Gasteiger partial charge < -0.3 is 0 Å². The Kier molecular flexibility index (Phi) is 9.10. The van der Waals surface area contributed by atoms with Gasteiger partial charge in [-0.1, -0.05) is 92.9 Å². The Bertz CT molecular complexity index is 982. The van der Waals surface area contributed by atoms with Crippen LogP contribution >= 0.6 is 0 Å². The van der Waals surface area contributed by atoms with Crippen molar-refractivity contribution in [2.45, 2.75) is 170 Å². The third-order valence-corrected chi connectivity index (χ3v) is 19.1. The summed E-state index contributed by atoms with van der Waals surface area (Å²) in [6.45, 7) is 15.5. The van der Waals surface area contributed by atoms with E-state index in [2.05, 4.69) is 41.5 Å². The molecule has 0 aliphatic heterocycles. The molecular formula is C45H76. The average molecular weight is 617 g/mol. The van der Waals surface area contributed by atoms with Gasteiger partial charge in [0.1, 0.15) is 0 Å². The lowest BCUT2D eigenvalue weighted by molar-refractivity contribution is -0.0623. The molecule has 0 bridgehead atoms. The van der Waals surface area contributed by atoms with Crippen LogP contribution in [-0.2, 0) is 0 Å². The van der Waals surface area contributed by atoms with Gasteiger partial charge in [0.15, 0.2) is 0 Å². The van der Waals surface area contributed by atoms with E-state index in [1.165, 1.54) is 32.1 Å². The van der Waals surface area contributed by atoms with Crippen molar-refractivity contribution in [3.05, 3.63) is 0 Å². The van der Waals surface area contributed by atoms with Crippen LogP contribution in [0.3, 0.4) is 0 Å². The Balaban J connectivity index is 1.17. The van der Waals surface area contributed by atoms with Crippen molar-refractivity contribution in [2.24, 2.45) is 112 Å². The molecule has 1 spiro atoms. The number of rotatable bonds is 6. The maximum absolute atomic E-state index is 2.66. The highest BCUT2D eigenvalue weighted by Crippen LogP contribution is 2.75. The van der Waals surface area contributed by atoms with E-state index < -0.39 is 0 Å². The molecule has 0 aromatic heterocycles. The van der Waals surface area contributed by atoms with Crippen LogP contribution in [0.15, 0.2) is 0 Å². The second-order valence-corrected chi connectivity index (χ2v) is 20.2. The second-order valence-electron chi connectivity index (χ2n) is 20.2. The summed E-state index contributed by atoms with van der Waals surface area (Å²) in [5.41, 5.74) is 0.714. The summed E-state index contributed by atoms with van der Waals surface area (Å²) >= 11 is 0. The number of fused-ring (bicyclic) bond motifs is 12. The molecule has 8 fully saturated rings. The summed E-state index contributed by atoms with van der Waals surface area (Å²) in [6.07, 6.45) is 31.7. The molecule has 256 valence electrons. The Morgan fingerprint density at radius 3 is 1.73 bits per heavy atom. The van der Waals surface area contributed by atoms with E-state index in [0.29, 0.717) is 5.41 Å². The van der Waals surface area contributed by atoms with Gasteiger partial charge in [-0.05, 0) is 189 Å². The van der Waals surface area contributed by atoms with Crippen molar-refractivity contribution in [1.29, 1.82) is 0 Å². The molecule has 16 atom stereocenters. The monoisotopic (exact) mass is 617 g/mol. The van der Waals surface area contributed by atoms with Gasteiger partial charge >= 0.3 is 0 Å². The zero-order chi connectivity index (χ0) is 31.0. The van der Waals surface area contributed by atoms with Crippen LogP contribution in [0, 0.1) is 112 Å². The quantitative estimate of drug-likeness (QED) is 0.278. The SMILES string of the molecule is CCC(CC)C1CC(C(CC)CC)CC2(C1)C1CC3CCCCC3CC1C1C3CC4C5CC(C)CC(C)C5CCC4C3CCC12. The number of hydrogen-bond acceptors (Lipinski definition) is 0. The lowest BCUT2D eigenvalue weighted by Gasteiger charge is -2.55. The highest BCUT2D eigenvalue weighted by molar-refractivity contribution is 5.17. The highest BCUT2D eigenvalue weighted by Gasteiger charge is 2.68. The van der Waals surface area contributed by atoms with E-state index in [4.69, 9.17) is 0 Å². The van der Waals surface area contributed by atoms with E-state index in [1.54, 1.807) is 96.3 Å². The summed E-state index contributed by atoms with van der Waals surface area (Å²) in [6, 6.07) is 0. The Morgan fingerprint density at radius 1 is 0.489 bits per heavy atom. The average Bonchev–Trinajstić information content (AvgIpc) is 3.55. The first kappa shape index (κ1) is 32.2. The van der Waals surface area contributed by atoms with Gasteiger partial charge in [0.25, 0.3) is 0 Å². The maximum atomic E-state index is 2.66. The van der Waals surface area contributed by atoms with Gasteiger partial charge in [-0.2, -0.15) is 0 Å². The van der Waals surface area contributed by atoms with Crippen molar-refractivity contribution < 1.29 is 0 Å². The first-order valence-electron chi connectivity index (χ1n) is 21.9. The molecule has 0 heterocycles. The van der Waals surface area contributed by atoms with Gasteiger partial charge in [0, 0.05) is 0 Å². The second kappa shape index (κ2) is 12.7. The lowest BCUT2D eigenvalue weighted by Crippen LogP contribution is -2.47. The van der Waals surface area contributed by atoms with E-state index in [1.807, 2.05) is 0 Å². The molecule has 8 saturated carbocycles. The molecule has 0 aromatic carbocycles. The minimum atomic E-state index is 0.714. The van der Waals surface area contributed by atoms with Crippen LogP contribution in [0.25, 0.3) is 0 Å². The maximum Gasteiger partial charge on any atom is -0.0230 e. The highest BCUT2D eigenvalue weighted by atomic mass is 14.7. The fourth-order valence-corrected chi connectivity index (χ4v) is 17.7.